The molecule has 0 saturated carbocycles. The number of ether oxygens (including phenoxy) is 6. The topological polar surface area (TPSA) is 420 Å². The summed E-state index contributed by atoms with van der Waals surface area (Å²) in [6.45, 7) is 42.3. The monoisotopic (exact) mass is 2060 g/mol. The number of benzene rings is 2. The number of anilines is 6. The largest absolute Gasteiger partial charge is 0.478 e. The summed E-state index contributed by atoms with van der Waals surface area (Å²) in [5.41, 5.74) is 9.98. The van der Waals surface area contributed by atoms with Crippen LogP contribution in [0.4, 0.5) is 59.1 Å². The first-order valence-electron chi connectivity index (χ1n) is 52.0. The third-order valence-electron chi connectivity index (χ3n) is 28.8. The van der Waals surface area contributed by atoms with E-state index in [4.69, 9.17) is 39.3 Å². The molecule has 18 rings (SSSR count). The van der Waals surface area contributed by atoms with Gasteiger partial charge in [0.25, 0.3) is 0 Å². The Morgan fingerprint density at radius 3 is 1.05 bits per heavy atom. The standard InChI is InChI=1S/C34H43N5O5S.C24H27N5OS.C20H30N4O4.C18H26N4O4.C13H24N2O2/c1-32(2,3)43-30(41)37-26-11-10-23(28-9-7-18-45-28)19-24(26)20-27(40)25-21-35-29(36-22-25)39-15-8-12-34(39)13-16-38(17-14-34)31(42)44-33(4,5)6;25-20-5-4-17(22-3-1-12-31-22)13-18(20)14-21(30)19-15-27-23(28-16-19)29-11-2-6-24(29)7-9-26-10-8-24;1-5-27-16(25)15-13-21-17(22-14-15)24-10-6-7-20(24)8-11-23(12-9-20)18(26)28-19(2,3)4;1-17(2,3)26-16(25)21-9-6-18(7-10-21)5-4-8-22(18)15-19-11-13(12-20-15)14(23)24;1-12(2,3)17-11(16)15-9-6-13(7-10-15)5-4-8-14-13/h7,9-11,18-19,21-22H,8,12-17,20H2,1-6H3,(H,37,41);1,3-5,12-13,15-16,26H,2,6-11,14,25H2;13-14H,5-12H2,1-4H3;11-12H,4-10H2,1-3H3,(H,23,24);14H,4-10H2,1-3H3. The summed E-state index contributed by atoms with van der Waals surface area (Å²) in [5.74, 6) is 0.944. The van der Waals surface area contributed by atoms with Crippen molar-refractivity contribution in [3.8, 4) is 20.9 Å². The van der Waals surface area contributed by atoms with Gasteiger partial charge in [-0.15, -0.1) is 22.7 Å². The molecule has 5 spiro atoms. The second-order valence-electron chi connectivity index (χ2n) is 45.0. The molecule has 2 aromatic carbocycles. The number of piperidine rings is 5. The van der Waals surface area contributed by atoms with Gasteiger partial charge in [0.15, 0.2) is 11.6 Å². The Bertz CT molecular complexity index is 5800. The SMILES string of the molecule is CC(C)(C)OC(=O)N1CCC2(CCCN2)CC1.CC(C)(C)OC(=O)N1CCC2(CCCN2c2ncc(C(=O)O)cn2)CC1.CC(C)(C)OC(=O)Nc1ccc(-c2cccs2)cc1CC(=O)c1cnc(N2CCCC23CCN(C(=O)OC(C)(C)C)CC3)nc1.CCOC(=O)c1cnc(N2CCCC23CCN(C(=O)OC(C)(C)C)CC3)nc1.Nc1ccc(-c2cccs2)cc1CC(=O)c1cnc(N2CCCC23CCNCC3)nc1. The average Bonchev–Trinajstić information content (AvgIpc) is 1.58. The molecular weight excluding hydrogens is 1910 g/mol. The van der Waals surface area contributed by atoms with Crippen LogP contribution in [0.3, 0.4) is 0 Å². The lowest BCUT2D eigenvalue weighted by Gasteiger charge is -2.45. The van der Waals surface area contributed by atoms with Gasteiger partial charge in [0, 0.05) is 190 Å². The number of carboxylic acids is 1. The molecule has 0 unspecified atom stereocenters. The number of Topliss-reactive ketones (excluding diaryl/α,β-unsaturated/α-hetero) is 2. The van der Waals surface area contributed by atoms with Crippen molar-refractivity contribution in [3.63, 3.8) is 0 Å². The first-order chi connectivity index (χ1) is 69.7. The molecule has 36 nitrogen and oxygen atoms in total. The molecule has 10 aliphatic heterocycles. The van der Waals surface area contributed by atoms with Crippen molar-refractivity contribution in [1.82, 2.24) is 70.1 Å². The molecule has 38 heteroatoms. The number of esters is 1. The van der Waals surface area contributed by atoms with Crippen LogP contribution >= 0.6 is 22.7 Å². The number of amides is 5. The summed E-state index contributed by atoms with van der Waals surface area (Å²) in [5, 5.41) is 22.9. The summed E-state index contributed by atoms with van der Waals surface area (Å²) in [4.78, 5) is 165. The summed E-state index contributed by atoms with van der Waals surface area (Å²) >= 11 is 3.28. The second kappa shape index (κ2) is 47.1. The minimum Gasteiger partial charge on any atom is -0.478 e. The van der Waals surface area contributed by atoms with E-state index in [-0.39, 0.29) is 76.5 Å². The number of thiophene rings is 2. The number of carbonyl (C=O) groups excluding carboxylic acids is 8. The van der Waals surface area contributed by atoms with Crippen LogP contribution in [-0.4, -0.2) is 279 Å². The van der Waals surface area contributed by atoms with E-state index in [1.807, 2.05) is 153 Å². The van der Waals surface area contributed by atoms with Gasteiger partial charge >= 0.3 is 42.4 Å². The van der Waals surface area contributed by atoms with Crippen LogP contribution in [0.1, 0.15) is 292 Å². The molecule has 8 aromatic rings. The molecule has 10 fully saturated rings. The number of likely N-dealkylation sites (tertiary alicyclic amines) is 4. The molecule has 0 atom stereocenters. The maximum atomic E-state index is 13.5. The number of nitrogens with one attached hydrogen (secondary N) is 3. The molecule has 10 saturated heterocycles. The van der Waals surface area contributed by atoms with Crippen LogP contribution in [0.5, 0.6) is 0 Å². The number of hydrogen-bond donors (Lipinski definition) is 5. The van der Waals surface area contributed by atoms with E-state index in [0.717, 1.165) is 189 Å². The second-order valence-corrected chi connectivity index (χ2v) is 46.9. The van der Waals surface area contributed by atoms with Gasteiger partial charge in [-0.05, 0) is 328 Å². The molecule has 16 heterocycles. The van der Waals surface area contributed by atoms with Crippen LogP contribution in [0, 0.1) is 0 Å². The predicted octanol–water partition coefficient (Wildman–Crippen LogP) is 19.0. The molecular formula is C109H150N20O16S2. The molecule has 0 bridgehead atoms. The zero-order valence-corrected chi connectivity index (χ0v) is 90.2. The van der Waals surface area contributed by atoms with Crippen LogP contribution < -0.4 is 41.3 Å². The molecule has 147 heavy (non-hydrogen) atoms. The van der Waals surface area contributed by atoms with Crippen LogP contribution in [0.25, 0.3) is 20.9 Å². The van der Waals surface area contributed by atoms with E-state index in [0.29, 0.717) is 103 Å². The Morgan fingerprint density at radius 2 is 0.721 bits per heavy atom. The van der Waals surface area contributed by atoms with E-state index in [2.05, 4.69) is 81.5 Å². The van der Waals surface area contributed by atoms with Gasteiger partial charge < -0.3 is 89.1 Å². The molecule has 0 radical (unpaired) electrons. The Labute approximate surface area is 871 Å². The van der Waals surface area contributed by atoms with E-state index in [9.17, 15) is 43.2 Å². The van der Waals surface area contributed by atoms with Crippen molar-refractivity contribution < 1.29 is 76.7 Å². The maximum absolute atomic E-state index is 13.5. The van der Waals surface area contributed by atoms with Crippen molar-refractivity contribution in [1.29, 1.82) is 0 Å². The van der Waals surface area contributed by atoms with Crippen molar-refractivity contribution in [2.45, 2.75) is 308 Å². The van der Waals surface area contributed by atoms with Gasteiger partial charge in [-0.1, -0.05) is 24.3 Å². The van der Waals surface area contributed by atoms with Crippen LogP contribution in [-0.2, 0) is 41.3 Å². The lowest BCUT2D eigenvalue weighted by molar-refractivity contribution is 0.0149. The van der Waals surface area contributed by atoms with Gasteiger partial charge in [0.1, 0.15) is 28.0 Å². The highest BCUT2D eigenvalue weighted by molar-refractivity contribution is 7.13. The summed E-state index contributed by atoms with van der Waals surface area (Å²) in [7, 11) is 0. The molecule has 794 valence electrons. The Morgan fingerprint density at radius 1 is 0.388 bits per heavy atom. The number of carbonyl (C=O) groups is 9. The zero-order chi connectivity index (χ0) is 105. The lowest BCUT2D eigenvalue weighted by Crippen LogP contribution is -2.54. The molecule has 6 aromatic heterocycles. The quantitative estimate of drug-likeness (QED) is 0.0259. The van der Waals surface area contributed by atoms with E-state index >= 15 is 0 Å². The smallest absolute Gasteiger partial charge is 0.412 e. The number of nitrogens with two attached hydrogens (primary N) is 1. The van der Waals surface area contributed by atoms with Gasteiger partial charge in [-0.25, -0.2) is 73.4 Å². The van der Waals surface area contributed by atoms with E-state index in [1.54, 1.807) is 89.9 Å². The number of rotatable bonds is 16. The number of nitrogens with zero attached hydrogens (tertiary/aromatic N) is 16. The maximum Gasteiger partial charge on any atom is 0.412 e. The number of aromatic nitrogens is 8. The van der Waals surface area contributed by atoms with Gasteiger partial charge in [0.2, 0.25) is 23.8 Å². The number of hydrogen-bond acceptors (Lipinski definition) is 32. The number of nitrogen functional groups attached to an aromatic ring is 1. The fourth-order valence-electron chi connectivity index (χ4n) is 21.3. The first-order valence-corrected chi connectivity index (χ1v) is 53.8. The normalized spacial score (nSPS) is 18.7. The fourth-order valence-corrected chi connectivity index (χ4v) is 22.8. The zero-order valence-electron chi connectivity index (χ0n) is 88.5. The third-order valence-corrected chi connectivity index (χ3v) is 30.6. The van der Waals surface area contributed by atoms with Crippen molar-refractivity contribution >= 4 is 112 Å². The highest BCUT2D eigenvalue weighted by atomic mass is 32.1. The molecule has 0 aliphatic carbocycles. The molecule has 6 N–H and O–H groups in total. The van der Waals surface area contributed by atoms with E-state index in [1.165, 1.54) is 55.3 Å². The lowest BCUT2D eigenvalue weighted by atomic mass is 9.85. The molecule has 10 aliphatic rings. The average molecular weight is 2060 g/mol. The Hall–Kier alpha value is -12.3. The van der Waals surface area contributed by atoms with Gasteiger partial charge in [-0.3, -0.25) is 14.9 Å². The summed E-state index contributed by atoms with van der Waals surface area (Å²) < 4.78 is 32.4. The number of aromatic carboxylic acids is 1. The van der Waals surface area contributed by atoms with Gasteiger partial charge in [-0.2, -0.15) is 0 Å². The van der Waals surface area contributed by atoms with Crippen molar-refractivity contribution in [2.75, 3.05) is 135 Å². The van der Waals surface area contributed by atoms with Crippen molar-refractivity contribution in [2.24, 2.45) is 0 Å². The number of carboxylic acid groups (broad SMARTS) is 1. The fraction of sp³-hybridized carbons (Fsp3) is 0.587. The van der Waals surface area contributed by atoms with E-state index < -0.39 is 46.0 Å². The first kappa shape index (κ1) is 110. The Balaban J connectivity index is 0.000000150. The predicted molar refractivity (Wildman–Crippen MR) is 568 cm³/mol. The number of ketones is 2. The van der Waals surface area contributed by atoms with Gasteiger partial charge in [0.05, 0.1) is 28.9 Å². The Kier molecular flexibility index (Phi) is 35.3. The highest BCUT2D eigenvalue weighted by Gasteiger charge is 2.51. The van der Waals surface area contributed by atoms with Crippen LogP contribution in [0.15, 0.2) is 121 Å². The minimum absolute atomic E-state index is 0.0143. The highest BCUT2D eigenvalue weighted by Crippen LogP contribution is 2.46. The summed E-state index contributed by atoms with van der Waals surface area (Å²) in [6, 6.07) is 19.6. The van der Waals surface area contributed by atoms with Crippen molar-refractivity contribution in [3.05, 3.63) is 154 Å². The third kappa shape index (κ3) is 29.0. The minimum atomic E-state index is -1.03. The van der Waals surface area contributed by atoms with Crippen LogP contribution in [0.2, 0.25) is 0 Å². The summed E-state index contributed by atoms with van der Waals surface area (Å²) in [6.07, 6.45) is 31.5. The molecule has 5 amide bonds.